The van der Waals surface area contributed by atoms with Crippen molar-refractivity contribution in [2.45, 2.75) is 20.8 Å². The number of carbonyl (C=O) groups is 1. The van der Waals surface area contributed by atoms with E-state index < -0.39 is 0 Å². The number of ether oxygens (including phenoxy) is 1. The van der Waals surface area contributed by atoms with Gasteiger partial charge in [0.1, 0.15) is 12.4 Å². The molecule has 0 heterocycles. The van der Waals surface area contributed by atoms with E-state index in [4.69, 9.17) is 4.74 Å². The second-order valence-corrected chi connectivity index (χ2v) is 4.67. The van der Waals surface area contributed by atoms with Crippen molar-refractivity contribution in [1.29, 1.82) is 0 Å². The van der Waals surface area contributed by atoms with Gasteiger partial charge in [-0.1, -0.05) is 39.0 Å². The standard InChI is InChI=1S/C13H19NO2/c1-13(2,3)12(15)14-9-10-16-11-7-5-4-6-8-11/h4-8H,9-10H2,1-3H3,(H,14,15). The van der Waals surface area contributed by atoms with Gasteiger partial charge in [-0.05, 0) is 12.1 Å². The summed E-state index contributed by atoms with van der Waals surface area (Å²) in [5.74, 6) is 0.872. The van der Waals surface area contributed by atoms with Crippen LogP contribution in [0.2, 0.25) is 0 Å². The smallest absolute Gasteiger partial charge is 0.225 e. The van der Waals surface area contributed by atoms with Gasteiger partial charge in [0.2, 0.25) is 5.91 Å². The van der Waals surface area contributed by atoms with Gasteiger partial charge < -0.3 is 10.1 Å². The van der Waals surface area contributed by atoms with Crippen molar-refractivity contribution in [2.24, 2.45) is 5.41 Å². The quantitative estimate of drug-likeness (QED) is 0.792. The van der Waals surface area contributed by atoms with E-state index in [1.165, 1.54) is 0 Å². The molecule has 0 unspecified atom stereocenters. The molecule has 0 atom stereocenters. The molecule has 0 spiro atoms. The zero-order valence-corrected chi connectivity index (χ0v) is 10.1. The van der Waals surface area contributed by atoms with E-state index >= 15 is 0 Å². The SMILES string of the molecule is CC(C)(C)C(=O)NCCOc1ccccc1. The van der Waals surface area contributed by atoms with E-state index in [9.17, 15) is 4.79 Å². The molecule has 16 heavy (non-hydrogen) atoms. The highest BCUT2D eigenvalue weighted by Gasteiger charge is 2.20. The Kier molecular flexibility index (Phi) is 4.35. The molecular weight excluding hydrogens is 202 g/mol. The third kappa shape index (κ3) is 4.34. The number of hydrogen-bond acceptors (Lipinski definition) is 2. The lowest BCUT2D eigenvalue weighted by Crippen LogP contribution is -2.37. The van der Waals surface area contributed by atoms with Crippen LogP contribution in [0.3, 0.4) is 0 Å². The van der Waals surface area contributed by atoms with Crippen LogP contribution < -0.4 is 10.1 Å². The van der Waals surface area contributed by atoms with E-state index in [1.54, 1.807) is 0 Å². The van der Waals surface area contributed by atoms with E-state index in [0.717, 1.165) is 5.75 Å². The summed E-state index contributed by atoms with van der Waals surface area (Å²) in [5.41, 5.74) is -0.341. The van der Waals surface area contributed by atoms with Crippen LogP contribution in [0.15, 0.2) is 30.3 Å². The van der Waals surface area contributed by atoms with Gasteiger partial charge in [0, 0.05) is 5.41 Å². The van der Waals surface area contributed by atoms with Gasteiger partial charge in [0.15, 0.2) is 0 Å². The molecule has 3 nitrogen and oxygen atoms in total. The number of amides is 1. The van der Waals surface area contributed by atoms with Gasteiger partial charge in [0.05, 0.1) is 6.54 Å². The van der Waals surface area contributed by atoms with Crippen molar-refractivity contribution in [3.63, 3.8) is 0 Å². The fourth-order valence-electron chi connectivity index (χ4n) is 1.12. The summed E-state index contributed by atoms with van der Waals surface area (Å²) < 4.78 is 5.45. The third-order valence-electron chi connectivity index (χ3n) is 2.08. The van der Waals surface area contributed by atoms with Gasteiger partial charge in [-0.3, -0.25) is 4.79 Å². The summed E-state index contributed by atoms with van der Waals surface area (Å²) in [4.78, 5) is 11.5. The molecule has 0 aliphatic heterocycles. The van der Waals surface area contributed by atoms with Crippen molar-refractivity contribution >= 4 is 5.91 Å². The van der Waals surface area contributed by atoms with Gasteiger partial charge in [0.25, 0.3) is 0 Å². The molecule has 0 radical (unpaired) electrons. The lowest BCUT2D eigenvalue weighted by atomic mass is 9.96. The lowest BCUT2D eigenvalue weighted by Gasteiger charge is -2.17. The Balaban J connectivity index is 2.20. The summed E-state index contributed by atoms with van der Waals surface area (Å²) in [5, 5.41) is 2.83. The number of rotatable bonds is 4. The van der Waals surface area contributed by atoms with E-state index in [2.05, 4.69) is 5.32 Å². The van der Waals surface area contributed by atoms with Crippen molar-refractivity contribution < 1.29 is 9.53 Å². The van der Waals surface area contributed by atoms with Crippen LogP contribution in [0.4, 0.5) is 0 Å². The summed E-state index contributed by atoms with van der Waals surface area (Å²) in [6.07, 6.45) is 0. The Morgan fingerprint density at radius 2 is 1.88 bits per heavy atom. The molecular formula is C13H19NO2. The molecule has 88 valence electrons. The highest BCUT2D eigenvalue weighted by molar-refractivity contribution is 5.81. The Labute approximate surface area is 96.8 Å². The molecule has 3 heteroatoms. The molecule has 0 aromatic heterocycles. The molecule has 1 N–H and O–H groups in total. The maximum Gasteiger partial charge on any atom is 0.225 e. The zero-order chi connectivity index (χ0) is 12.0. The van der Waals surface area contributed by atoms with Gasteiger partial charge >= 0.3 is 0 Å². The summed E-state index contributed by atoms with van der Waals surface area (Å²) in [6, 6.07) is 9.57. The normalized spacial score (nSPS) is 10.9. The molecule has 0 saturated heterocycles. The van der Waals surface area contributed by atoms with Gasteiger partial charge in [-0.25, -0.2) is 0 Å². The third-order valence-corrected chi connectivity index (χ3v) is 2.08. The average Bonchev–Trinajstić information content (AvgIpc) is 2.24. The fraction of sp³-hybridized carbons (Fsp3) is 0.462. The minimum absolute atomic E-state index is 0.0455. The molecule has 0 aliphatic carbocycles. The highest BCUT2D eigenvalue weighted by Crippen LogP contribution is 2.12. The first-order valence-electron chi connectivity index (χ1n) is 5.46. The van der Waals surface area contributed by atoms with Gasteiger partial charge in [-0.15, -0.1) is 0 Å². The molecule has 1 aromatic rings. The van der Waals surface area contributed by atoms with Crippen molar-refractivity contribution in [3.05, 3.63) is 30.3 Å². The maximum absolute atomic E-state index is 11.5. The van der Waals surface area contributed by atoms with Crippen LogP contribution in [-0.2, 0) is 4.79 Å². The maximum atomic E-state index is 11.5. The minimum Gasteiger partial charge on any atom is -0.492 e. The predicted octanol–water partition coefficient (Wildman–Crippen LogP) is 2.23. The summed E-state index contributed by atoms with van der Waals surface area (Å²) >= 11 is 0. The van der Waals surface area contributed by atoms with E-state index in [-0.39, 0.29) is 11.3 Å². The molecule has 0 aliphatic rings. The van der Waals surface area contributed by atoms with Crippen LogP contribution in [0.25, 0.3) is 0 Å². The largest absolute Gasteiger partial charge is 0.492 e. The van der Waals surface area contributed by atoms with Crippen LogP contribution in [-0.4, -0.2) is 19.1 Å². The number of para-hydroxylation sites is 1. The summed E-state index contributed by atoms with van der Waals surface area (Å²) in [7, 11) is 0. The topological polar surface area (TPSA) is 38.3 Å². The number of benzene rings is 1. The van der Waals surface area contributed by atoms with Gasteiger partial charge in [-0.2, -0.15) is 0 Å². The second-order valence-electron chi connectivity index (χ2n) is 4.67. The first-order chi connectivity index (χ1) is 7.50. The molecule has 0 fully saturated rings. The number of hydrogen-bond donors (Lipinski definition) is 1. The Bertz CT molecular complexity index is 328. The monoisotopic (exact) mass is 221 g/mol. The Hall–Kier alpha value is -1.51. The minimum atomic E-state index is -0.341. The molecule has 1 rings (SSSR count). The first kappa shape index (κ1) is 12.6. The Morgan fingerprint density at radius 1 is 1.25 bits per heavy atom. The summed E-state index contributed by atoms with van der Waals surface area (Å²) in [6.45, 7) is 6.69. The zero-order valence-electron chi connectivity index (χ0n) is 10.1. The fourth-order valence-corrected chi connectivity index (χ4v) is 1.12. The molecule has 1 aromatic carbocycles. The van der Waals surface area contributed by atoms with Crippen LogP contribution in [0.5, 0.6) is 5.75 Å². The van der Waals surface area contributed by atoms with Crippen LogP contribution in [0.1, 0.15) is 20.8 Å². The van der Waals surface area contributed by atoms with Crippen molar-refractivity contribution in [2.75, 3.05) is 13.2 Å². The van der Waals surface area contributed by atoms with Crippen molar-refractivity contribution in [1.82, 2.24) is 5.32 Å². The second kappa shape index (κ2) is 5.54. The van der Waals surface area contributed by atoms with Crippen LogP contribution in [0, 0.1) is 5.41 Å². The van der Waals surface area contributed by atoms with Crippen LogP contribution >= 0.6 is 0 Å². The molecule has 0 saturated carbocycles. The highest BCUT2D eigenvalue weighted by atomic mass is 16.5. The van der Waals surface area contributed by atoms with Crippen molar-refractivity contribution in [3.8, 4) is 5.75 Å². The Morgan fingerprint density at radius 3 is 2.44 bits per heavy atom. The predicted molar refractivity (Wildman–Crippen MR) is 64.4 cm³/mol. The van der Waals surface area contributed by atoms with E-state index in [1.807, 2.05) is 51.1 Å². The molecule has 1 amide bonds. The first-order valence-corrected chi connectivity index (χ1v) is 5.46. The number of nitrogens with one attached hydrogen (secondary N) is 1. The van der Waals surface area contributed by atoms with E-state index in [0.29, 0.717) is 13.2 Å². The average molecular weight is 221 g/mol. The molecule has 0 bridgehead atoms. The lowest BCUT2D eigenvalue weighted by molar-refractivity contribution is -0.128. The number of carbonyl (C=O) groups excluding carboxylic acids is 1.